The molecule has 0 spiro atoms. The Hall–Kier alpha value is -2.96. The van der Waals surface area contributed by atoms with Crippen molar-refractivity contribution in [2.75, 3.05) is 10.6 Å². The van der Waals surface area contributed by atoms with Gasteiger partial charge in [-0.3, -0.25) is 4.79 Å². The second kappa shape index (κ2) is 6.09. The minimum atomic E-state index is -2.68. The first-order valence-electron chi connectivity index (χ1n) is 8.39. The minimum Gasteiger partial charge on any atom is -0.339 e. The van der Waals surface area contributed by atoms with E-state index in [1.165, 1.54) is 12.3 Å². The number of nitrogens with one attached hydrogen (secondary N) is 2. The fraction of sp³-hybridized carbons (Fsp3) is 0.263. The van der Waals surface area contributed by atoms with Crippen LogP contribution in [0.1, 0.15) is 34.3 Å². The van der Waals surface area contributed by atoms with Gasteiger partial charge >= 0.3 is 0 Å². The van der Waals surface area contributed by atoms with Crippen molar-refractivity contribution in [3.8, 4) is 0 Å². The van der Waals surface area contributed by atoms with E-state index in [1.807, 2.05) is 32.0 Å². The van der Waals surface area contributed by atoms with Crippen LogP contribution in [0.2, 0.25) is 0 Å². The van der Waals surface area contributed by atoms with Gasteiger partial charge in [-0.15, -0.1) is 0 Å². The Labute approximate surface area is 149 Å². The van der Waals surface area contributed by atoms with Crippen LogP contribution in [0.4, 0.5) is 20.3 Å². The third-order valence-electron chi connectivity index (χ3n) is 4.39. The van der Waals surface area contributed by atoms with Gasteiger partial charge in [-0.25, -0.2) is 13.5 Å². The summed E-state index contributed by atoms with van der Waals surface area (Å²) >= 11 is 0. The van der Waals surface area contributed by atoms with Crippen molar-refractivity contribution in [2.24, 2.45) is 0 Å². The number of halogens is 2. The molecule has 2 N–H and O–H groups in total. The third kappa shape index (κ3) is 3.00. The molecule has 2 heterocycles. The molecule has 7 heteroatoms. The maximum atomic E-state index is 13.4. The number of hydrogen-bond acceptors (Lipinski definition) is 3. The Morgan fingerprint density at radius 2 is 1.92 bits per heavy atom. The quantitative estimate of drug-likeness (QED) is 0.860. The van der Waals surface area contributed by atoms with E-state index in [2.05, 4.69) is 15.7 Å². The van der Waals surface area contributed by atoms with Gasteiger partial charge in [0.05, 0.1) is 6.20 Å². The van der Waals surface area contributed by atoms with E-state index >= 15 is 0 Å². The van der Waals surface area contributed by atoms with Crippen molar-refractivity contribution in [2.45, 2.75) is 33.1 Å². The van der Waals surface area contributed by atoms with Gasteiger partial charge in [0.15, 0.2) is 0 Å². The summed E-state index contributed by atoms with van der Waals surface area (Å²) in [6, 6.07) is 5.72. The molecule has 1 amide bonds. The predicted octanol–water partition coefficient (Wildman–Crippen LogP) is 4.33. The van der Waals surface area contributed by atoms with Gasteiger partial charge in [0.1, 0.15) is 17.1 Å². The van der Waals surface area contributed by atoms with E-state index in [1.54, 1.807) is 0 Å². The highest BCUT2D eigenvalue weighted by Crippen LogP contribution is 2.38. The molecule has 2 aromatic rings. The number of aromatic nitrogens is 2. The van der Waals surface area contributed by atoms with Crippen molar-refractivity contribution in [3.05, 3.63) is 58.4 Å². The molecule has 1 aromatic heterocycles. The lowest BCUT2D eigenvalue weighted by Crippen LogP contribution is -2.20. The molecule has 0 atom stereocenters. The first kappa shape index (κ1) is 16.5. The van der Waals surface area contributed by atoms with Gasteiger partial charge in [0.2, 0.25) is 0 Å². The van der Waals surface area contributed by atoms with Crippen LogP contribution < -0.4 is 10.6 Å². The summed E-state index contributed by atoms with van der Waals surface area (Å²) in [7, 11) is 0. The molecule has 1 aromatic carbocycles. The lowest BCUT2D eigenvalue weighted by atomic mass is 10.1. The maximum absolute atomic E-state index is 13.4. The van der Waals surface area contributed by atoms with Gasteiger partial charge in [0.25, 0.3) is 12.3 Å². The highest BCUT2D eigenvalue weighted by atomic mass is 19.3. The molecule has 5 nitrogen and oxygen atoms in total. The lowest BCUT2D eigenvalue weighted by Gasteiger charge is -2.20. The van der Waals surface area contributed by atoms with E-state index in [4.69, 9.17) is 0 Å². The van der Waals surface area contributed by atoms with Crippen LogP contribution in [0.25, 0.3) is 5.70 Å². The number of carbonyl (C=O) groups is 1. The SMILES string of the molecule is Cc1cc(C)cc(NC(=O)c2cnn3c2NC(=C2CC2)C=C3C(F)F)c1. The van der Waals surface area contributed by atoms with Crippen LogP contribution >= 0.6 is 0 Å². The molecule has 1 fully saturated rings. The first-order chi connectivity index (χ1) is 12.4. The molecule has 0 bridgehead atoms. The maximum Gasteiger partial charge on any atom is 0.280 e. The Balaban J connectivity index is 1.68. The Bertz CT molecular complexity index is 946. The third-order valence-corrected chi connectivity index (χ3v) is 4.39. The average Bonchev–Trinajstić information content (AvgIpc) is 3.32. The second-order valence-corrected chi connectivity index (χ2v) is 6.66. The molecule has 1 aliphatic carbocycles. The molecule has 1 saturated carbocycles. The largest absolute Gasteiger partial charge is 0.339 e. The summed E-state index contributed by atoms with van der Waals surface area (Å²) in [5.74, 6) is -0.113. The number of hydrogen-bond donors (Lipinski definition) is 2. The zero-order valence-electron chi connectivity index (χ0n) is 14.4. The summed E-state index contributed by atoms with van der Waals surface area (Å²) in [6.45, 7) is 3.89. The van der Waals surface area contributed by atoms with Crippen molar-refractivity contribution in [1.82, 2.24) is 9.78 Å². The van der Waals surface area contributed by atoms with Crippen molar-refractivity contribution in [3.63, 3.8) is 0 Å². The highest BCUT2D eigenvalue weighted by Gasteiger charge is 2.30. The summed E-state index contributed by atoms with van der Waals surface area (Å²) in [5.41, 5.74) is 4.45. The summed E-state index contributed by atoms with van der Waals surface area (Å²) in [6.07, 6.45) is 1.82. The number of allylic oxidation sites excluding steroid dienone is 3. The van der Waals surface area contributed by atoms with E-state index in [0.29, 0.717) is 11.4 Å². The number of rotatable bonds is 3. The van der Waals surface area contributed by atoms with Crippen LogP contribution in [0.3, 0.4) is 0 Å². The van der Waals surface area contributed by atoms with Crippen LogP contribution in [-0.4, -0.2) is 22.1 Å². The zero-order valence-corrected chi connectivity index (χ0v) is 14.4. The number of anilines is 2. The number of amides is 1. The summed E-state index contributed by atoms with van der Waals surface area (Å²) in [5, 5.41) is 9.91. The monoisotopic (exact) mass is 356 g/mol. The standard InChI is InChI=1S/C19H18F2N4O/c1-10-5-11(2)7-13(6-10)23-19(26)14-9-22-25-16(17(20)21)8-15(12-3-4-12)24-18(14)25/h5-9,17,24H,3-4H2,1-2H3,(H,23,26). The van der Waals surface area contributed by atoms with Crippen LogP contribution in [0.5, 0.6) is 0 Å². The predicted molar refractivity (Wildman–Crippen MR) is 96.3 cm³/mol. The van der Waals surface area contributed by atoms with Crippen LogP contribution in [-0.2, 0) is 0 Å². The average molecular weight is 356 g/mol. The van der Waals surface area contributed by atoms with Gasteiger partial charge in [-0.2, -0.15) is 5.10 Å². The molecule has 4 rings (SSSR count). The molecule has 0 saturated heterocycles. The number of fused-ring (bicyclic) bond motifs is 1. The summed E-state index contributed by atoms with van der Waals surface area (Å²) in [4.78, 5) is 12.7. The first-order valence-corrected chi connectivity index (χ1v) is 8.39. The molecular weight excluding hydrogens is 338 g/mol. The fourth-order valence-corrected chi connectivity index (χ4v) is 3.13. The number of nitrogens with zero attached hydrogens (tertiary/aromatic N) is 2. The Morgan fingerprint density at radius 1 is 1.23 bits per heavy atom. The van der Waals surface area contributed by atoms with Crippen molar-refractivity contribution >= 4 is 23.1 Å². The van der Waals surface area contributed by atoms with E-state index in [9.17, 15) is 13.6 Å². The molecule has 26 heavy (non-hydrogen) atoms. The van der Waals surface area contributed by atoms with Gasteiger partial charge in [0, 0.05) is 11.4 Å². The van der Waals surface area contributed by atoms with Gasteiger partial charge < -0.3 is 10.6 Å². The lowest BCUT2D eigenvalue weighted by molar-refractivity contribution is 0.102. The van der Waals surface area contributed by atoms with Crippen molar-refractivity contribution < 1.29 is 13.6 Å². The minimum absolute atomic E-state index is 0.224. The Morgan fingerprint density at radius 3 is 2.54 bits per heavy atom. The Kier molecular flexibility index (Phi) is 3.86. The molecular formula is C19H18F2N4O. The van der Waals surface area contributed by atoms with Crippen LogP contribution in [0, 0.1) is 13.8 Å². The smallest absolute Gasteiger partial charge is 0.280 e. The molecule has 0 unspecified atom stereocenters. The topological polar surface area (TPSA) is 59.0 Å². The second-order valence-electron chi connectivity index (χ2n) is 6.66. The van der Waals surface area contributed by atoms with Gasteiger partial charge in [-0.05, 0) is 61.6 Å². The molecule has 2 aliphatic rings. The molecule has 1 aliphatic heterocycles. The number of carbonyl (C=O) groups excluding carboxylic acids is 1. The van der Waals surface area contributed by atoms with Gasteiger partial charge in [-0.1, -0.05) is 6.07 Å². The van der Waals surface area contributed by atoms with Crippen molar-refractivity contribution in [1.29, 1.82) is 0 Å². The van der Waals surface area contributed by atoms with E-state index in [-0.39, 0.29) is 23.0 Å². The summed E-state index contributed by atoms with van der Waals surface area (Å²) < 4.78 is 27.9. The normalized spacial score (nSPS) is 15.5. The number of alkyl halides is 2. The van der Waals surface area contributed by atoms with E-state index in [0.717, 1.165) is 34.2 Å². The fourth-order valence-electron chi connectivity index (χ4n) is 3.13. The number of benzene rings is 1. The van der Waals surface area contributed by atoms with Crippen LogP contribution in [0.15, 0.2) is 41.7 Å². The molecule has 0 radical (unpaired) electrons. The van der Waals surface area contributed by atoms with E-state index < -0.39 is 6.43 Å². The highest BCUT2D eigenvalue weighted by molar-refractivity contribution is 6.08. The number of aryl methyl sites for hydroxylation is 2. The zero-order chi connectivity index (χ0) is 18.4. The molecule has 134 valence electrons.